The summed E-state index contributed by atoms with van der Waals surface area (Å²) >= 11 is 5.74. The number of benzene rings is 2. The number of nitrogens with one attached hydrogen (secondary N) is 1. The summed E-state index contributed by atoms with van der Waals surface area (Å²) in [6, 6.07) is 16.5. The van der Waals surface area contributed by atoms with Gasteiger partial charge in [-0.2, -0.15) is 0 Å². The van der Waals surface area contributed by atoms with Crippen molar-refractivity contribution in [3.8, 4) is 0 Å². The molecule has 7 heteroatoms. The molecule has 0 spiro atoms. The van der Waals surface area contributed by atoms with Crippen molar-refractivity contribution in [3.63, 3.8) is 0 Å². The van der Waals surface area contributed by atoms with E-state index in [0.717, 1.165) is 5.56 Å². The number of pyridine rings is 1. The maximum absolute atomic E-state index is 12.8. The third kappa shape index (κ3) is 5.27. The number of rotatable bonds is 6. The van der Waals surface area contributed by atoms with E-state index in [4.69, 9.17) is 16.3 Å². The topological polar surface area (TPSA) is 85.4 Å². The van der Waals surface area contributed by atoms with Crippen LogP contribution >= 0.6 is 11.6 Å². The Hall–Kier alpha value is -3.51. The van der Waals surface area contributed by atoms with Crippen molar-refractivity contribution in [1.29, 1.82) is 0 Å². The first-order chi connectivity index (χ1) is 13.9. The lowest BCUT2D eigenvalue weighted by Gasteiger charge is -2.09. The molecule has 6 nitrogen and oxygen atoms in total. The number of nitrogens with zero attached hydrogens (tertiary/aromatic N) is 1. The van der Waals surface area contributed by atoms with Gasteiger partial charge in [-0.1, -0.05) is 59.6 Å². The van der Waals surface area contributed by atoms with Crippen molar-refractivity contribution >= 4 is 35.1 Å². The van der Waals surface area contributed by atoms with Gasteiger partial charge in [0.2, 0.25) is 0 Å². The van der Waals surface area contributed by atoms with E-state index in [2.05, 4.69) is 10.3 Å². The minimum atomic E-state index is -0.764. The molecule has 2 aromatic carbocycles. The summed E-state index contributed by atoms with van der Waals surface area (Å²) in [4.78, 5) is 41.2. The standard InChI is InChI=1S/C22H17ClN2O4/c1-14-6-8-15(9-7-14)21(27)17-4-2-3-5-18(17)22(28)29-13-20(26)25-19-11-10-16(23)12-24-19/h2-12H,13H2,1H3,(H,24,25,26). The third-order valence-corrected chi connectivity index (χ3v) is 4.26. The van der Waals surface area contributed by atoms with E-state index in [1.54, 1.807) is 36.4 Å². The van der Waals surface area contributed by atoms with Crippen LogP contribution in [0, 0.1) is 6.92 Å². The summed E-state index contributed by atoms with van der Waals surface area (Å²) in [6.07, 6.45) is 1.39. The summed E-state index contributed by atoms with van der Waals surface area (Å²) in [7, 11) is 0. The molecule has 0 aliphatic heterocycles. The highest BCUT2D eigenvalue weighted by molar-refractivity contribution is 6.30. The molecule has 3 aromatic rings. The number of esters is 1. The number of hydrogen-bond acceptors (Lipinski definition) is 5. The van der Waals surface area contributed by atoms with Crippen LogP contribution in [0.3, 0.4) is 0 Å². The normalized spacial score (nSPS) is 10.3. The van der Waals surface area contributed by atoms with Crippen LogP contribution in [0.4, 0.5) is 5.82 Å². The molecule has 0 radical (unpaired) electrons. The minimum Gasteiger partial charge on any atom is -0.452 e. The maximum Gasteiger partial charge on any atom is 0.339 e. The molecule has 1 N–H and O–H groups in total. The number of ether oxygens (including phenoxy) is 1. The molecule has 0 saturated heterocycles. The fraction of sp³-hybridized carbons (Fsp3) is 0.0909. The maximum atomic E-state index is 12.8. The molecule has 0 unspecified atom stereocenters. The van der Waals surface area contributed by atoms with Crippen LogP contribution in [0.5, 0.6) is 0 Å². The van der Waals surface area contributed by atoms with Crippen LogP contribution in [0.25, 0.3) is 0 Å². The largest absolute Gasteiger partial charge is 0.452 e. The van der Waals surface area contributed by atoms with Crippen molar-refractivity contribution in [2.45, 2.75) is 6.92 Å². The predicted molar refractivity (Wildman–Crippen MR) is 109 cm³/mol. The Morgan fingerprint density at radius 2 is 1.66 bits per heavy atom. The van der Waals surface area contributed by atoms with E-state index in [-0.39, 0.29) is 22.7 Å². The summed E-state index contributed by atoms with van der Waals surface area (Å²) < 4.78 is 5.07. The molecule has 1 heterocycles. The SMILES string of the molecule is Cc1ccc(C(=O)c2ccccc2C(=O)OCC(=O)Nc2ccc(Cl)cn2)cc1. The highest BCUT2D eigenvalue weighted by atomic mass is 35.5. The smallest absolute Gasteiger partial charge is 0.339 e. The van der Waals surface area contributed by atoms with Gasteiger partial charge in [-0.3, -0.25) is 9.59 Å². The molecule has 146 valence electrons. The van der Waals surface area contributed by atoms with Gasteiger partial charge >= 0.3 is 5.97 Å². The first kappa shape index (κ1) is 20.2. The second-order valence-electron chi connectivity index (χ2n) is 6.23. The van der Waals surface area contributed by atoms with Gasteiger partial charge in [0.05, 0.1) is 10.6 Å². The predicted octanol–water partition coefficient (Wildman–Crippen LogP) is 4.07. The fourth-order valence-electron chi connectivity index (χ4n) is 2.56. The number of halogens is 1. The second kappa shape index (κ2) is 9.12. The lowest BCUT2D eigenvalue weighted by molar-refractivity contribution is -0.119. The number of hydrogen-bond donors (Lipinski definition) is 1. The van der Waals surface area contributed by atoms with Crippen LogP contribution in [0.2, 0.25) is 5.02 Å². The molecule has 0 bridgehead atoms. The van der Waals surface area contributed by atoms with Gasteiger partial charge in [-0.25, -0.2) is 9.78 Å². The first-order valence-corrected chi connectivity index (χ1v) is 9.11. The Balaban J connectivity index is 1.68. The highest BCUT2D eigenvalue weighted by Gasteiger charge is 2.20. The molecule has 3 rings (SSSR count). The lowest BCUT2D eigenvalue weighted by Crippen LogP contribution is -2.22. The Morgan fingerprint density at radius 3 is 2.31 bits per heavy atom. The molecule has 1 amide bonds. The molecular weight excluding hydrogens is 392 g/mol. The van der Waals surface area contributed by atoms with E-state index in [1.165, 1.54) is 18.3 Å². The van der Waals surface area contributed by atoms with Crippen molar-refractivity contribution < 1.29 is 19.1 Å². The molecule has 1 aromatic heterocycles. The number of aromatic nitrogens is 1. The summed E-state index contributed by atoms with van der Waals surface area (Å²) in [6.45, 7) is 1.40. The molecule has 0 fully saturated rings. The zero-order valence-electron chi connectivity index (χ0n) is 15.5. The number of aryl methyl sites for hydroxylation is 1. The quantitative estimate of drug-likeness (QED) is 0.491. The van der Waals surface area contributed by atoms with E-state index in [9.17, 15) is 14.4 Å². The van der Waals surface area contributed by atoms with Crippen molar-refractivity contribution in [2.75, 3.05) is 11.9 Å². The van der Waals surface area contributed by atoms with Gasteiger partial charge in [0.25, 0.3) is 5.91 Å². The summed E-state index contributed by atoms with van der Waals surface area (Å²) in [5.74, 6) is -1.34. The number of carbonyl (C=O) groups is 3. The zero-order chi connectivity index (χ0) is 20.8. The molecule has 0 atom stereocenters. The Bertz CT molecular complexity index is 1050. The lowest BCUT2D eigenvalue weighted by atomic mass is 9.98. The Morgan fingerprint density at radius 1 is 0.966 bits per heavy atom. The fourth-order valence-corrected chi connectivity index (χ4v) is 2.67. The molecule has 0 aliphatic rings. The van der Waals surface area contributed by atoms with Gasteiger partial charge in [0.15, 0.2) is 12.4 Å². The van der Waals surface area contributed by atoms with E-state index < -0.39 is 18.5 Å². The molecular formula is C22H17ClN2O4. The number of carbonyl (C=O) groups excluding carboxylic acids is 3. The molecule has 0 saturated carbocycles. The van der Waals surface area contributed by atoms with Crippen LogP contribution in [-0.2, 0) is 9.53 Å². The average Bonchev–Trinajstić information content (AvgIpc) is 2.74. The molecule has 29 heavy (non-hydrogen) atoms. The van der Waals surface area contributed by atoms with E-state index >= 15 is 0 Å². The van der Waals surface area contributed by atoms with E-state index in [0.29, 0.717) is 10.6 Å². The Kier molecular flexibility index (Phi) is 6.36. The van der Waals surface area contributed by atoms with Crippen LogP contribution in [0.1, 0.15) is 31.8 Å². The van der Waals surface area contributed by atoms with Gasteiger partial charge in [-0.15, -0.1) is 0 Å². The number of amides is 1. The third-order valence-electron chi connectivity index (χ3n) is 4.03. The van der Waals surface area contributed by atoms with Gasteiger partial charge in [0.1, 0.15) is 5.82 Å². The summed E-state index contributed by atoms with van der Waals surface area (Å²) in [5.41, 5.74) is 1.79. The van der Waals surface area contributed by atoms with Crippen LogP contribution in [0.15, 0.2) is 66.9 Å². The van der Waals surface area contributed by atoms with Crippen molar-refractivity contribution in [3.05, 3.63) is 94.1 Å². The summed E-state index contributed by atoms with van der Waals surface area (Å²) in [5, 5.41) is 2.93. The average molecular weight is 409 g/mol. The highest BCUT2D eigenvalue weighted by Crippen LogP contribution is 2.17. The zero-order valence-corrected chi connectivity index (χ0v) is 16.3. The van der Waals surface area contributed by atoms with Gasteiger partial charge < -0.3 is 10.1 Å². The van der Waals surface area contributed by atoms with Gasteiger partial charge in [-0.05, 0) is 25.1 Å². The minimum absolute atomic E-state index is 0.0930. The number of anilines is 1. The van der Waals surface area contributed by atoms with E-state index in [1.807, 2.05) is 19.1 Å². The van der Waals surface area contributed by atoms with Crippen molar-refractivity contribution in [1.82, 2.24) is 4.98 Å². The second-order valence-corrected chi connectivity index (χ2v) is 6.66. The van der Waals surface area contributed by atoms with Gasteiger partial charge in [0, 0.05) is 17.3 Å². The Labute approximate surface area is 172 Å². The van der Waals surface area contributed by atoms with Crippen LogP contribution in [-0.4, -0.2) is 29.3 Å². The van der Waals surface area contributed by atoms with Crippen LogP contribution < -0.4 is 5.32 Å². The first-order valence-electron chi connectivity index (χ1n) is 8.73. The number of ketones is 1. The molecule has 0 aliphatic carbocycles. The van der Waals surface area contributed by atoms with Crippen molar-refractivity contribution in [2.24, 2.45) is 0 Å². The monoisotopic (exact) mass is 408 g/mol.